The minimum Gasteiger partial charge on any atom is -0.497 e. The van der Waals surface area contributed by atoms with E-state index in [1.54, 1.807) is 30.3 Å². The van der Waals surface area contributed by atoms with Crippen molar-refractivity contribution in [1.29, 1.82) is 0 Å². The quantitative estimate of drug-likeness (QED) is 0.693. The lowest BCUT2D eigenvalue weighted by molar-refractivity contribution is -0.138. The normalized spacial score (nSPS) is 11.2. The molecule has 2 amide bonds. The largest absolute Gasteiger partial charge is 0.497 e. The second-order valence-corrected chi connectivity index (χ2v) is 5.86. The van der Waals surface area contributed by atoms with E-state index in [4.69, 9.17) is 9.15 Å². The summed E-state index contributed by atoms with van der Waals surface area (Å²) < 4.78 is 48.1. The summed E-state index contributed by atoms with van der Waals surface area (Å²) >= 11 is 0.229. The Morgan fingerprint density at radius 1 is 1.23 bits per heavy atom. The molecule has 0 spiro atoms. The van der Waals surface area contributed by atoms with Crippen LogP contribution in [0.2, 0.25) is 0 Å². The van der Waals surface area contributed by atoms with Gasteiger partial charge in [-0.1, -0.05) is 11.3 Å². The van der Waals surface area contributed by atoms with Gasteiger partial charge in [0.25, 0.3) is 0 Å². The van der Waals surface area contributed by atoms with Crippen molar-refractivity contribution >= 4 is 28.2 Å². The van der Waals surface area contributed by atoms with Gasteiger partial charge in [0.1, 0.15) is 11.5 Å². The first kappa shape index (κ1) is 17.7. The van der Waals surface area contributed by atoms with Gasteiger partial charge in [0, 0.05) is 5.56 Å². The van der Waals surface area contributed by atoms with Crippen LogP contribution in [0, 0.1) is 0 Å². The van der Waals surface area contributed by atoms with E-state index < -0.39 is 17.2 Å². The molecule has 11 heteroatoms. The number of alkyl halides is 3. The molecule has 26 heavy (non-hydrogen) atoms. The van der Waals surface area contributed by atoms with E-state index in [9.17, 15) is 18.0 Å². The Morgan fingerprint density at radius 3 is 2.65 bits per heavy atom. The number of rotatable bonds is 4. The van der Waals surface area contributed by atoms with Crippen molar-refractivity contribution in [2.75, 3.05) is 17.7 Å². The smallest absolute Gasteiger partial charge is 0.445 e. The lowest BCUT2D eigenvalue weighted by Crippen LogP contribution is -2.19. The molecule has 3 rings (SSSR count). The molecule has 0 atom stereocenters. The van der Waals surface area contributed by atoms with Crippen LogP contribution >= 0.6 is 11.3 Å². The fourth-order valence-electron chi connectivity index (χ4n) is 2.03. The van der Waals surface area contributed by atoms with Crippen molar-refractivity contribution in [3.63, 3.8) is 0 Å². The third kappa shape index (κ3) is 3.94. The lowest BCUT2D eigenvalue weighted by atomic mass is 10.1. The average molecular weight is 384 g/mol. The monoisotopic (exact) mass is 384 g/mol. The molecule has 0 aliphatic carbocycles. The van der Waals surface area contributed by atoms with Crippen LogP contribution in [0.1, 0.15) is 5.01 Å². The van der Waals surface area contributed by atoms with E-state index in [0.29, 0.717) is 22.8 Å². The summed E-state index contributed by atoms with van der Waals surface area (Å²) in [5.41, 5.74) is 0.913. The van der Waals surface area contributed by atoms with Gasteiger partial charge in [-0.3, -0.25) is 5.32 Å². The van der Waals surface area contributed by atoms with Crippen molar-refractivity contribution in [2.45, 2.75) is 6.18 Å². The molecule has 0 bridgehead atoms. The van der Waals surface area contributed by atoms with E-state index >= 15 is 0 Å². The molecular formula is C15H11F3N4O3S. The minimum absolute atomic E-state index is 0.229. The molecule has 7 nitrogen and oxygen atoms in total. The molecule has 0 radical (unpaired) electrons. The number of hydrogen-bond donors (Lipinski definition) is 2. The van der Waals surface area contributed by atoms with Crippen LogP contribution in [-0.4, -0.2) is 23.3 Å². The fourth-order valence-corrected chi connectivity index (χ4v) is 2.64. The number of urea groups is 1. The molecule has 1 aromatic carbocycles. The van der Waals surface area contributed by atoms with Gasteiger partial charge in [0.15, 0.2) is 0 Å². The number of furan rings is 1. The van der Waals surface area contributed by atoms with Crippen molar-refractivity contribution in [1.82, 2.24) is 10.2 Å². The van der Waals surface area contributed by atoms with Gasteiger partial charge >= 0.3 is 12.2 Å². The molecule has 0 fully saturated rings. The van der Waals surface area contributed by atoms with Crippen LogP contribution in [-0.2, 0) is 6.18 Å². The third-order valence-electron chi connectivity index (χ3n) is 3.15. The Labute approximate surface area is 148 Å². The molecule has 0 saturated heterocycles. The summed E-state index contributed by atoms with van der Waals surface area (Å²) in [7, 11) is 1.49. The summed E-state index contributed by atoms with van der Waals surface area (Å²) in [6, 6.07) is 7.46. The van der Waals surface area contributed by atoms with Crippen molar-refractivity contribution < 1.29 is 27.1 Å². The maximum absolute atomic E-state index is 12.5. The lowest BCUT2D eigenvalue weighted by Gasteiger charge is -2.11. The highest BCUT2D eigenvalue weighted by molar-refractivity contribution is 7.15. The molecule has 0 saturated carbocycles. The van der Waals surface area contributed by atoms with Crippen molar-refractivity contribution in [3.05, 3.63) is 41.6 Å². The van der Waals surface area contributed by atoms with Gasteiger partial charge in [0.2, 0.25) is 10.1 Å². The highest BCUT2D eigenvalue weighted by Gasteiger charge is 2.35. The number of methoxy groups -OCH3 is 1. The van der Waals surface area contributed by atoms with Crippen molar-refractivity contribution in [3.8, 4) is 17.1 Å². The van der Waals surface area contributed by atoms with Crippen LogP contribution in [0.5, 0.6) is 5.75 Å². The average Bonchev–Trinajstić information content (AvgIpc) is 3.26. The van der Waals surface area contributed by atoms with Gasteiger partial charge in [-0.25, -0.2) is 4.79 Å². The first-order valence-corrected chi connectivity index (χ1v) is 7.89. The number of amides is 2. The zero-order valence-corrected chi connectivity index (χ0v) is 13.9. The molecule has 0 aliphatic heterocycles. The molecule has 0 unspecified atom stereocenters. The number of nitrogens with zero attached hydrogens (tertiary/aromatic N) is 2. The number of carbonyl (C=O) groups is 1. The summed E-state index contributed by atoms with van der Waals surface area (Å²) in [6.45, 7) is 0. The third-order valence-corrected chi connectivity index (χ3v) is 4.03. The first-order valence-electron chi connectivity index (χ1n) is 7.07. The number of benzene rings is 1. The minimum atomic E-state index is -4.61. The zero-order chi connectivity index (χ0) is 18.7. The number of hydrogen-bond acceptors (Lipinski definition) is 6. The Hall–Kier alpha value is -3.08. The number of aromatic nitrogens is 2. The number of ether oxygens (including phenoxy) is 1. The Balaban J connectivity index is 1.78. The van der Waals surface area contributed by atoms with Gasteiger partial charge in [-0.15, -0.1) is 10.2 Å². The molecule has 0 aliphatic rings. The van der Waals surface area contributed by atoms with Crippen LogP contribution in [0.25, 0.3) is 11.3 Å². The number of anilines is 2. The number of nitrogens with one attached hydrogen (secondary N) is 2. The SMILES string of the molecule is COc1ccc(NC(=O)Nc2nnc(C(F)(F)F)s2)c(-c2ccco2)c1. The predicted octanol–water partition coefficient (Wildman–Crippen LogP) is 4.47. The van der Waals surface area contributed by atoms with E-state index in [1.165, 1.54) is 13.4 Å². The molecule has 2 heterocycles. The van der Waals surface area contributed by atoms with Crippen molar-refractivity contribution in [2.24, 2.45) is 0 Å². The fraction of sp³-hybridized carbons (Fsp3) is 0.133. The summed E-state index contributed by atoms with van der Waals surface area (Å²) in [5.74, 6) is 1.02. The second kappa shape index (κ2) is 7.04. The maximum Gasteiger partial charge on any atom is 0.445 e. The zero-order valence-electron chi connectivity index (χ0n) is 13.1. The Morgan fingerprint density at radius 2 is 2.04 bits per heavy atom. The van der Waals surface area contributed by atoms with E-state index in [1.807, 2.05) is 0 Å². The van der Waals surface area contributed by atoms with Crippen LogP contribution in [0.4, 0.5) is 28.8 Å². The van der Waals surface area contributed by atoms with E-state index in [2.05, 4.69) is 20.8 Å². The predicted molar refractivity (Wildman–Crippen MR) is 88.2 cm³/mol. The summed E-state index contributed by atoms with van der Waals surface area (Å²) in [5, 5.41) is 9.64. The Bertz CT molecular complexity index is 909. The van der Waals surface area contributed by atoms with Gasteiger partial charge in [-0.2, -0.15) is 13.2 Å². The number of halogens is 3. The first-order chi connectivity index (χ1) is 12.4. The molecular weight excluding hydrogens is 373 g/mol. The number of carbonyl (C=O) groups excluding carboxylic acids is 1. The van der Waals surface area contributed by atoms with E-state index in [-0.39, 0.29) is 16.5 Å². The van der Waals surface area contributed by atoms with Crippen LogP contribution in [0.15, 0.2) is 41.0 Å². The van der Waals surface area contributed by atoms with E-state index in [0.717, 1.165) is 0 Å². The van der Waals surface area contributed by atoms with Crippen LogP contribution < -0.4 is 15.4 Å². The topological polar surface area (TPSA) is 89.3 Å². The maximum atomic E-state index is 12.5. The molecule has 136 valence electrons. The second-order valence-electron chi connectivity index (χ2n) is 4.88. The molecule has 2 N–H and O–H groups in total. The standard InChI is InChI=1S/C15H11F3N4O3S/c1-24-8-4-5-10(9(7-8)11-3-2-6-25-11)19-13(23)20-14-22-21-12(26-14)15(16,17)18/h2-7H,1H3,(H2,19,20,22,23). The molecule has 3 aromatic rings. The van der Waals surface area contributed by atoms with Gasteiger partial charge in [0.05, 0.1) is 19.1 Å². The summed E-state index contributed by atoms with van der Waals surface area (Å²) in [4.78, 5) is 12.1. The molecule has 2 aromatic heterocycles. The van der Waals surface area contributed by atoms with Crippen LogP contribution in [0.3, 0.4) is 0 Å². The van der Waals surface area contributed by atoms with Gasteiger partial charge in [-0.05, 0) is 30.3 Å². The highest BCUT2D eigenvalue weighted by atomic mass is 32.1. The Kier molecular flexibility index (Phi) is 4.80. The van der Waals surface area contributed by atoms with Gasteiger partial charge < -0.3 is 14.5 Å². The summed E-state index contributed by atoms with van der Waals surface area (Å²) in [6.07, 6.45) is -3.14. The highest BCUT2D eigenvalue weighted by Crippen LogP contribution is 2.34.